The molecule has 0 aliphatic rings. The smallest absolute Gasteiger partial charge is 0.343 e. The van der Waals surface area contributed by atoms with Gasteiger partial charge in [0.1, 0.15) is 12.6 Å². The van der Waals surface area contributed by atoms with Crippen LogP contribution in [-0.2, 0) is 19.2 Å². The van der Waals surface area contributed by atoms with Gasteiger partial charge in [-0.25, -0.2) is 14.4 Å². The fourth-order valence-electron chi connectivity index (χ4n) is 0.929. The number of urea groups is 1. The third kappa shape index (κ3) is 7.00. The zero-order valence-corrected chi connectivity index (χ0v) is 9.21. The molecule has 0 saturated heterocycles. The zero-order chi connectivity index (χ0) is 14.1. The molecule has 2 amide bonds. The average molecular weight is 263 g/mol. The largest absolute Gasteiger partial charge is 0.481 e. The summed E-state index contributed by atoms with van der Waals surface area (Å²) in [4.78, 5) is 46.4. The van der Waals surface area contributed by atoms with Gasteiger partial charge in [-0.05, 0) is 6.42 Å². The van der Waals surface area contributed by atoms with Crippen LogP contribution in [0, 0.1) is 0 Å². The maximum Gasteiger partial charge on any atom is 0.343 e. The molecule has 6 N–H and O–H groups in total. The van der Waals surface area contributed by atoms with Crippen molar-refractivity contribution in [2.24, 2.45) is 5.90 Å². The first kappa shape index (κ1) is 15.6. The molecule has 1 atom stereocenters. The van der Waals surface area contributed by atoms with Gasteiger partial charge >= 0.3 is 23.9 Å². The summed E-state index contributed by atoms with van der Waals surface area (Å²) in [5.41, 5.74) is 0. The van der Waals surface area contributed by atoms with E-state index in [9.17, 15) is 19.2 Å². The molecule has 0 spiro atoms. The second kappa shape index (κ2) is 7.84. The van der Waals surface area contributed by atoms with E-state index in [4.69, 9.17) is 10.2 Å². The number of nitrogens with two attached hydrogens (primary N) is 1. The summed E-state index contributed by atoms with van der Waals surface area (Å²) in [7, 11) is 0. The van der Waals surface area contributed by atoms with Crippen LogP contribution in [0.4, 0.5) is 4.79 Å². The quantitative estimate of drug-likeness (QED) is 0.329. The van der Waals surface area contributed by atoms with Crippen LogP contribution in [0.2, 0.25) is 0 Å². The van der Waals surface area contributed by atoms with Crippen molar-refractivity contribution in [2.45, 2.75) is 18.9 Å². The molecular weight excluding hydrogens is 250 g/mol. The van der Waals surface area contributed by atoms with Gasteiger partial charge in [0.05, 0.1) is 0 Å². The zero-order valence-electron chi connectivity index (χ0n) is 9.21. The van der Waals surface area contributed by atoms with Crippen LogP contribution in [0.15, 0.2) is 0 Å². The fourth-order valence-corrected chi connectivity index (χ4v) is 0.929. The van der Waals surface area contributed by atoms with Gasteiger partial charge in [-0.2, -0.15) is 5.90 Å². The maximum absolute atomic E-state index is 11.1. The van der Waals surface area contributed by atoms with Crippen LogP contribution in [0.25, 0.3) is 0 Å². The molecule has 10 heteroatoms. The number of carbonyl (C=O) groups is 4. The average Bonchev–Trinajstić information content (AvgIpc) is 2.30. The van der Waals surface area contributed by atoms with Crippen LogP contribution in [0.1, 0.15) is 12.8 Å². The molecule has 0 aromatic heterocycles. The minimum Gasteiger partial charge on any atom is -0.481 e. The Morgan fingerprint density at radius 3 is 2.28 bits per heavy atom. The third-order valence-corrected chi connectivity index (χ3v) is 1.78. The van der Waals surface area contributed by atoms with E-state index >= 15 is 0 Å². The molecule has 10 nitrogen and oxygen atoms in total. The molecule has 0 unspecified atom stereocenters. The first-order chi connectivity index (χ1) is 8.36. The SMILES string of the molecule is NOC(=O)CNC(=O)N[C@@H](CCC(=O)O)C(=O)O. The Labute approximate surface area is 101 Å². The molecule has 0 bridgehead atoms. The number of carboxylic acids is 2. The first-order valence-corrected chi connectivity index (χ1v) is 4.75. The summed E-state index contributed by atoms with van der Waals surface area (Å²) >= 11 is 0. The van der Waals surface area contributed by atoms with Crippen molar-refractivity contribution in [3.05, 3.63) is 0 Å². The molecule has 0 saturated carbocycles. The minimum atomic E-state index is -1.38. The van der Waals surface area contributed by atoms with Crippen LogP contribution in [0.5, 0.6) is 0 Å². The Bertz CT molecular complexity index is 344. The number of hydrogen-bond donors (Lipinski definition) is 5. The van der Waals surface area contributed by atoms with Gasteiger partial charge in [-0.1, -0.05) is 0 Å². The lowest BCUT2D eigenvalue weighted by atomic mass is 10.1. The van der Waals surface area contributed by atoms with E-state index < -0.39 is 42.9 Å². The van der Waals surface area contributed by atoms with Crippen molar-refractivity contribution in [3.63, 3.8) is 0 Å². The summed E-state index contributed by atoms with van der Waals surface area (Å²) in [6, 6.07) is -2.31. The maximum atomic E-state index is 11.1. The van der Waals surface area contributed by atoms with E-state index in [1.807, 2.05) is 10.6 Å². The topological polar surface area (TPSA) is 168 Å². The Morgan fingerprint density at radius 2 is 1.83 bits per heavy atom. The summed E-state index contributed by atoms with van der Waals surface area (Å²) in [5, 5.41) is 21.1. The van der Waals surface area contributed by atoms with Crippen molar-refractivity contribution >= 4 is 23.9 Å². The van der Waals surface area contributed by atoms with E-state index in [1.54, 1.807) is 0 Å². The number of amides is 2. The lowest BCUT2D eigenvalue weighted by Gasteiger charge is -2.13. The number of nitrogens with one attached hydrogen (secondary N) is 2. The van der Waals surface area contributed by atoms with Crippen LogP contribution in [0.3, 0.4) is 0 Å². The van der Waals surface area contributed by atoms with Crippen molar-refractivity contribution in [1.82, 2.24) is 10.6 Å². The highest BCUT2D eigenvalue weighted by atomic mass is 16.7. The van der Waals surface area contributed by atoms with Crippen LogP contribution < -0.4 is 16.5 Å². The monoisotopic (exact) mass is 263 g/mol. The third-order valence-electron chi connectivity index (χ3n) is 1.78. The van der Waals surface area contributed by atoms with E-state index in [0.717, 1.165) is 0 Å². The lowest BCUT2D eigenvalue weighted by Crippen LogP contribution is -2.47. The molecule has 0 aromatic carbocycles. The van der Waals surface area contributed by atoms with Gasteiger partial charge in [0.2, 0.25) is 0 Å². The van der Waals surface area contributed by atoms with E-state index in [1.165, 1.54) is 0 Å². The standard InChI is InChI=1S/C8H13N3O7/c9-18-6(14)3-10-8(17)11-4(7(15)16)1-2-5(12)13/h4H,1-3,9H2,(H,12,13)(H,15,16)(H2,10,11,17)/t4-/m0/s1. The Balaban J connectivity index is 4.15. The number of carboxylic acid groups (broad SMARTS) is 2. The molecule has 18 heavy (non-hydrogen) atoms. The molecule has 0 aromatic rings. The van der Waals surface area contributed by atoms with Gasteiger partial charge in [0, 0.05) is 6.42 Å². The van der Waals surface area contributed by atoms with Crippen molar-refractivity contribution in [2.75, 3.05) is 6.54 Å². The predicted molar refractivity (Wildman–Crippen MR) is 55.1 cm³/mol. The van der Waals surface area contributed by atoms with E-state index in [0.29, 0.717) is 0 Å². The Kier molecular flexibility index (Phi) is 6.81. The van der Waals surface area contributed by atoms with Crippen molar-refractivity contribution in [1.29, 1.82) is 0 Å². The Morgan fingerprint density at radius 1 is 1.22 bits per heavy atom. The molecule has 0 aliphatic carbocycles. The fraction of sp³-hybridized carbons (Fsp3) is 0.500. The second-order valence-electron chi connectivity index (χ2n) is 3.14. The van der Waals surface area contributed by atoms with Gasteiger partial charge in [-0.3, -0.25) is 4.79 Å². The lowest BCUT2D eigenvalue weighted by molar-refractivity contribution is -0.143. The number of aliphatic carboxylic acids is 2. The highest BCUT2D eigenvalue weighted by Gasteiger charge is 2.21. The number of rotatable bonds is 7. The second-order valence-corrected chi connectivity index (χ2v) is 3.14. The molecule has 0 fully saturated rings. The predicted octanol–water partition coefficient (Wildman–Crippen LogP) is -1.98. The molecule has 0 aliphatic heterocycles. The molecular formula is C8H13N3O7. The van der Waals surface area contributed by atoms with Gasteiger partial charge < -0.3 is 25.7 Å². The highest BCUT2D eigenvalue weighted by molar-refractivity contribution is 5.85. The summed E-state index contributed by atoms with van der Waals surface area (Å²) < 4.78 is 0. The normalized spacial score (nSPS) is 11.2. The molecule has 0 rings (SSSR count). The Hall–Kier alpha value is -2.36. The minimum absolute atomic E-state index is 0.278. The summed E-state index contributed by atoms with van der Waals surface area (Å²) in [5.74, 6) is 1.03. The van der Waals surface area contributed by atoms with E-state index in [-0.39, 0.29) is 6.42 Å². The highest BCUT2D eigenvalue weighted by Crippen LogP contribution is 1.97. The molecule has 102 valence electrons. The van der Waals surface area contributed by atoms with Crippen molar-refractivity contribution < 1.29 is 34.2 Å². The number of hydrogen-bond acceptors (Lipinski definition) is 6. The summed E-state index contributed by atoms with van der Waals surface area (Å²) in [6.07, 6.45) is -0.693. The van der Waals surface area contributed by atoms with Gasteiger partial charge in [0.15, 0.2) is 0 Å². The van der Waals surface area contributed by atoms with Gasteiger partial charge in [0.25, 0.3) is 0 Å². The van der Waals surface area contributed by atoms with Crippen molar-refractivity contribution in [3.8, 4) is 0 Å². The summed E-state index contributed by atoms with van der Waals surface area (Å²) in [6.45, 7) is -0.534. The van der Waals surface area contributed by atoms with Gasteiger partial charge in [-0.15, -0.1) is 0 Å². The van der Waals surface area contributed by atoms with Crippen LogP contribution >= 0.6 is 0 Å². The number of carbonyl (C=O) groups excluding carboxylic acids is 2. The molecule has 0 radical (unpaired) electrons. The molecule has 0 heterocycles. The van der Waals surface area contributed by atoms with E-state index in [2.05, 4.69) is 10.7 Å². The van der Waals surface area contributed by atoms with Crippen LogP contribution in [-0.4, -0.2) is 46.7 Å². The first-order valence-electron chi connectivity index (χ1n) is 4.75.